The lowest BCUT2D eigenvalue weighted by atomic mass is 9.86. The summed E-state index contributed by atoms with van der Waals surface area (Å²) < 4.78 is 5.19. The lowest BCUT2D eigenvalue weighted by Gasteiger charge is -2.23. The maximum absolute atomic E-state index is 12.1. The van der Waals surface area contributed by atoms with Crippen LogP contribution in [0, 0.1) is 0 Å². The Labute approximate surface area is 144 Å². The largest absolute Gasteiger partial charge is 0.497 e. The smallest absolute Gasteiger partial charge is 0.239 e. The Balaban J connectivity index is 1.90. The minimum atomic E-state index is -0.0402. The Morgan fingerprint density at radius 3 is 2.54 bits per heavy atom. The molecule has 0 aliphatic heterocycles. The van der Waals surface area contributed by atoms with Crippen LogP contribution in [0.25, 0.3) is 0 Å². The summed E-state index contributed by atoms with van der Waals surface area (Å²) in [6, 6.07) is 15.8. The van der Waals surface area contributed by atoms with Crippen LogP contribution >= 0.6 is 0 Å². The maximum Gasteiger partial charge on any atom is 0.239 e. The molecule has 0 saturated heterocycles. The van der Waals surface area contributed by atoms with Crippen molar-refractivity contribution >= 4 is 11.6 Å². The molecule has 0 spiro atoms. The Bertz CT molecular complexity index is 690. The molecule has 0 saturated carbocycles. The number of hydrogen-bond donors (Lipinski definition) is 2. The van der Waals surface area contributed by atoms with Gasteiger partial charge in [-0.1, -0.05) is 51.1 Å². The van der Waals surface area contributed by atoms with Gasteiger partial charge in [-0.15, -0.1) is 0 Å². The Kier molecular flexibility index (Phi) is 5.85. The summed E-state index contributed by atoms with van der Waals surface area (Å²) in [4.78, 5) is 12.1. The van der Waals surface area contributed by atoms with Gasteiger partial charge in [-0.3, -0.25) is 4.79 Å². The number of hydrogen-bond acceptors (Lipinski definition) is 3. The molecule has 0 bridgehead atoms. The fourth-order valence-corrected chi connectivity index (χ4v) is 2.51. The lowest BCUT2D eigenvalue weighted by Crippen LogP contribution is -2.30. The first-order chi connectivity index (χ1) is 11.4. The van der Waals surface area contributed by atoms with Crippen molar-refractivity contribution in [1.29, 1.82) is 0 Å². The van der Waals surface area contributed by atoms with E-state index in [1.165, 1.54) is 5.56 Å². The zero-order valence-corrected chi connectivity index (χ0v) is 14.8. The first-order valence-electron chi connectivity index (χ1n) is 8.13. The number of benzene rings is 2. The van der Waals surface area contributed by atoms with Crippen LogP contribution in [-0.2, 0) is 16.8 Å². The second kappa shape index (κ2) is 7.86. The molecule has 0 aromatic heterocycles. The van der Waals surface area contributed by atoms with Gasteiger partial charge in [0.1, 0.15) is 5.75 Å². The molecular weight excluding hydrogens is 300 g/mol. The number of amides is 1. The van der Waals surface area contributed by atoms with Gasteiger partial charge < -0.3 is 15.4 Å². The van der Waals surface area contributed by atoms with Crippen molar-refractivity contribution in [2.75, 3.05) is 19.0 Å². The summed E-state index contributed by atoms with van der Waals surface area (Å²) in [5, 5.41) is 6.16. The SMILES string of the molecule is COc1cccc(CNC(=O)CNc2ccccc2C(C)(C)C)c1. The van der Waals surface area contributed by atoms with Crippen LogP contribution in [0.2, 0.25) is 0 Å². The molecule has 4 nitrogen and oxygen atoms in total. The van der Waals surface area contributed by atoms with E-state index in [9.17, 15) is 4.79 Å². The molecule has 0 atom stereocenters. The van der Waals surface area contributed by atoms with Crippen LogP contribution in [0.1, 0.15) is 31.9 Å². The highest BCUT2D eigenvalue weighted by Gasteiger charge is 2.17. The molecule has 0 fully saturated rings. The van der Waals surface area contributed by atoms with E-state index in [1.807, 2.05) is 42.5 Å². The number of nitrogens with one attached hydrogen (secondary N) is 2. The first-order valence-corrected chi connectivity index (χ1v) is 8.13. The fourth-order valence-electron chi connectivity index (χ4n) is 2.51. The van der Waals surface area contributed by atoms with Crippen molar-refractivity contribution < 1.29 is 9.53 Å². The van der Waals surface area contributed by atoms with Crippen LogP contribution in [0.15, 0.2) is 48.5 Å². The molecular formula is C20H26N2O2. The molecule has 0 aliphatic rings. The molecule has 2 aromatic rings. The standard InChI is InChI=1S/C20H26N2O2/c1-20(2,3)17-10-5-6-11-18(17)21-14-19(23)22-13-15-8-7-9-16(12-15)24-4/h5-12,21H,13-14H2,1-4H3,(H,22,23). The van der Waals surface area contributed by atoms with Crippen LogP contribution < -0.4 is 15.4 Å². The van der Waals surface area contributed by atoms with E-state index >= 15 is 0 Å². The van der Waals surface area contributed by atoms with Crippen molar-refractivity contribution in [3.8, 4) is 5.75 Å². The van der Waals surface area contributed by atoms with Crippen LogP contribution in [0.3, 0.4) is 0 Å². The third kappa shape index (κ3) is 5.01. The zero-order valence-electron chi connectivity index (χ0n) is 14.8. The zero-order chi connectivity index (χ0) is 17.6. The highest BCUT2D eigenvalue weighted by Crippen LogP contribution is 2.28. The van der Waals surface area contributed by atoms with Crippen molar-refractivity contribution in [3.63, 3.8) is 0 Å². The van der Waals surface area contributed by atoms with E-state index in [1.54, 1.807) is 7.11 Å². The van der Waals surface area contributed by atoms with E-state index < -0.39 is 0 Å². The summed E-state index contributed by atoms with van der Waals surface area (Å²) in [7, 11) is 1.63. The number of carbonyl (C=O) groups excluding carboxylic acids is 1. The predicted molar refractivity (Wildman–Crippen MR) is 98.5 cm³/mol. The monoisotopic (exact) mass is 326 g/mol. The topological polar surface area (TPSA) is 50.4 Å². The summed E-state index contributed by atoms with van der Waals surface area (Å²) in [5.41, 5.74) is 3.24. The number of methoxy groups -OCH3 is 1. The van der Waals surface area contributed by atoms with Crippen LogP contribution in [0.5, 0.6) is 5.75 Å². The summed E-state index contributed by atoms with van der Waals surface area (Å²) in [5.74, 6) is 0.750. The molecule has 24 heavy (non-hydrogen) atoms. The number of rotatable bonds is 6. The molecule has 0 aliphatic carbocycles. The molecule has 2 rings (SSSR count). The highest BCUT2D eigenvalue weighted by molar-refractivity contribution is 5.81. The second-order valence-electron chi connectivity index (χ2n) is 6.78. The van der Waals surface area contributed by atoms with Gasteiger partial charge in [-0.25, -0.2) is 0 Å². The van der Waals surface area contributed by atoms with Crippen LogP contribution in [-0.4, -0.2) is 19.6 Å². The summed E-state index contributed by atoms with van der Waals surface area (Å²) in [6.45, 7) is 7.22. The van der Waals surface area contributed by atoms with E-state index in [-0.39, 0.29) is 17.9 Å². The second-order valence-corrected chi connectivity index (χ2v) is 6.78. The molecule has 0 radical (unpaired) electrons. The van der Waals surface area contributed by atoms with Gasteiger partial charge >= 0.3 is 0 Å². The Hall–Kier alpha value is -2.49. The lowest BCUT2D eigenvalue weighted by molar-refractivity contribution is -0.119. The van der Waals surface area contributed by atoms with Crippen LogP contribution in [0.4, 0.5) is 5.69 Å². The average molecular weight is 326 g/mol. The Morgan fingerprint density at radius 2 is 1.83 bits per heavy atom. The molecule has 0 heterocycles. The molecule has 0 unspecified atom stereocenters. The van der Waals surface area contributed by atoms with E-state index in [0.717, 1.165) is 17.0 Å². The summed E-state index contributed by atoms with van der Waals surface area (Å²) in [6.07, 6.45) is 0. The van der Waals surface area contributed by atoms with Gasteiger partial charge in [0.05, 0.1) is 13.7 Å². The minimum absolute atomic E-state index is 0.0284. The van der Waals surface area contributed by atoms with Gasteiger partial charge in [0.2, 0.25) is 5.91 Å². The molecule has 2 aromatic carbocycles. The van der Waals surface area contributed by atoms with Gasteiger partial charge in [0, 0.05) is 12.2 Å². The number of carbonyl (C=O) groups is 1. The normalized spacial score (nSPS) is 11.0. The quantitative estimate of drug-likeness (QED) is 0.850. The first kappa shape index (κ1) is 17.9. The van der Waals surface area contributed by atoms with Gasteiger partial charge in [-0.05, 0) is 34.7 Å². The number of ether oxygens (including phenoxy) is 1. The summed E-state index contributed by atoms with van der Waals surface area (Å²) >= 11 is 0. The fraction of sp³-hybridized carbons (Fsp3) is 0.350. The van der Waals surface area contributed by atoms with Crippen molar-refractivity contribution in [2.45, 2.75) is 32.7 Å². The third-order valence-corrected chi connectivity index (χ3v) is 3.80. The molecule has 2 N–H and O–H groups in total. The van der Waals surface area contributed by atoms with Gasteiger partial charge in [0.15, 0.2) is 0 Å². The molecule has 4 heteroatoms. The third-order valence-electron chi connectivity index (χ3n) is 3.80. The molecule has 128 valence electrons. The van der Waals surface area contributed by atoms with Gasteiger partial charge in [-0.2, -0.15) is 0 Å². The maximum atomic E-state index is 12.1. The number of anilines is 1. The van der Waals surface area contributed by atoms with E-state index in [0.29, 0.717) is 6.54 Å². The average Bonchev–Trinajstić information content (AvgIpc) is 2.57. The van der Waals surface area contributed by atoms with Crippen molar-refractivity contribution in [3.05, 3.63) is 59.7 Å². The van der Waals surface area contributed by atoms with E-state index in [4.69, 9.17) is 4.74 Å². The van der Waals surface area contributed by atoms with Crippen molar-refractivity contribution in [2.24, 2.45) is 0 Å². The minimum Gasteiger partial charge on any atom is -0.497 e. The Morgan fingerprint density at radius 1 is 1.08 bits per heavy atom. The predicted octanol–water partition coefficient (Wildman–Crippen LogP) is 3.72. The van der Waals surface area contributed by atoms with Gasteiger partial charge in [0.25, 0.3) is 0 Å². The van der Waals surface area contributed by atoms with Crippen molar-refractivity contribution in [1.82, 2.24) is 5.32 Å². The number of para-hydroxylation sites is 1. The van der Waals surface area contributed by atoms with E-state index in [2.05, 4.69) is 37.5 Å². The molecule has 1 amide bonds. The highest BCUT2D eigenvalue weighted by atomic mass is 16.5.